The number of amides is 1. The summed E-state index contributed by atoms with van der Waals surface area (Å²) in [6.45, 7) is 7.05. The predicted octanol–water partition coefficient (Wildman–Crippen LogP) is 1.83. The lowest BCUT2D eigenvalue weighted by molar-refractivity contribution is -0.131. The van der Waals surface area contributed by atoms with Crippen molar-refractivity contribution in [3.05, 3.63) is 19.3 Å². The smallest absolute Gasteiger partial charge is 0.282 e. The van der Waals surface area contributed by atoms with Crippen molar-refractivity contribution in [2.24, 2.45) is 0 Å². The Morgan fingerprint density at radius 1 is 1.46 bits per heavy atom. The van der Waals surface area contributed by atoms with Gasteiger partial charge in [-0.2, -0.15) is 0 Å². The number of halogens is 1. The average Bonchev–Trinajstić information content (AvgIpc) is 2.55. The van der Waals surface area contributed by atoms with Gasteiger partial charge in [-0.25, -0.2) is 4.39 Å². The number of hydrogen-bond acceptors (Lipinski definition) is 1. The molecule has 0 unspecified atom stereocenters. The van der Waals surface area contributed by atoms with Gasteiger partial charge in [0.15, 0.2) is 5.83 Å². The third-order valence-corrected chi connectivity index (χ3v) is 3.21. The molecule has 0 aromatic carbocycles. The molecule has 71 valence electrons. The van der Waals surface area contributed by atoms with Crippen molar-refractivity contribution in [2.45, 2.75) is 37.3 Å². The summed E-state index contributed by atoms with van der Waals surface area (Å²) in [7, 11) is 0. The Hall–Kier alpha value is -0.860. The third-order valence-electron chi connectivity index (χ3n) is 3.21. The lowest BCUT2D eigenvalue weighted by atomic mass is 9.90. The van der Waals surface area contributed by atoms with Gasteiger partial charge in [0.05, 0.1) is 0 Å². The molecule has 0 aromatic rings. The molecule has 2 heterocycles. The van der Waals surface area contributed by atoms with Crippen LogP contribution in [-0.4, -0.2) is 22.4 Å². The van der Waals surface area contributed by atoms with Crippen molar-refractivity contribution < 1.29 is 9.18 Å². The molecule has 2 rings (SSSR count). The minimum atomic E-state index is -0.859. The monoisotopic (exact) mass is 182 g/mol. The van der Waals surface area contributed by atoms with Crippen LogP contribution in [-0.2, 0) is 4.79 Å². The predicted molar refractivity (Wildman–Crippen MR) is 47.4 cm³/mol. The summed E-state index contributed by atoms with van der Waals surface area (Å²) in [5.41, 5.74) is -0.337. The molecule has 1 radical (unpaired) electrons. The van der Waals surface area contributed by atoms with Gasteiger partial charge < -0.3 is 4.90 Å². The highest BCUT2D eigenvalue weighted by Crippen LogP contribution is 2.46. The molecule has 0 aliphatic carbocycles. The van der Waals surface area contributed by atoms with Crippen LogP contribution in [0.25, 0.3) is 0 Å². The Morgan fingerprint density at radius 3 is 2.31 bits per heavy atom. The van der Waals surface area contributed by atoms with E-state index in [1.807, 2.05) is 0 Å². The second kappa shape index (κ2) is 2.56. The SMILES string of the molecule is [CH2]C12CCC(CC1)N2C(=O)C(=C)F. The molecule has 0 aromatic heterocycles. The van der Waals surface area contributed by atoms with Crippen molar-refractivity contribution >= 4 is 5.91 Å². The number of nitrogens with zero attached hydrogens (tertiary/aromatic N) is 1. The molecule has 2 fully saturated rings. The topological polar surface area (TPSA) is 20.3 Å². The normalized spacial score (nSPS) is 36.8. The Bertz CT molecular complexity index is 266. The second-order valence-corrected chi connectivity index (χ2v) is 4.04. The van der Waals surface area contributed by atoms with Crippen molar-refractivity contribution in [3.8, 4) is 0 Å². The molecular formula is C10H13FNO. The molecule has 0 atom stereocenters. The summed E-state index contributed by atoms with van der Waals surface area (Å²) in [4.78, 5) is 13.0. The molecule has 2 aliphatic rings. The Balaban J connectivity index is 2.25. The van der Waals surface area contributed by atoms with Crippen LogP contribution in [0, 0.1) is 6.92 Å². The van der Waals surface area contributed by atoms with Gasteiger partial charge in [-0.3, -0.25) is 4.79 Å². The zero-order chi connectivity index (χ0) is 9.64. The molecule has 13 heavy (non-hydrogen) atoms. The van der Waals surface area contributed by atoms with E-state index >= 15 is 0 Å². The van der Waals surface area contributed by atoms with Crippen LogP contribution >= 0.6 is 0 Å². The fourth-order valence-electron chi connectivity index (χ4n) is 2.54. The largest absolute Gasteiger partial charge is 0.328 e. The van der Waals surface area contributed by atoms with E-state index in [1.54, 1.807) is 4.90 Å². The van der Waals surface area contributed by atoms with Gasteiger partial charge in [-0.15, -0.1) is 0 Å². The zero-order valence-electron chi connectivity index (χ0n) is 7.55. The van der Waals surface area contributed by atoms with E-state index in [1.165, 1.54) is 0 Å². The van der Waals surface area contributed by atoms with Gasteiger partial charge >= 0.3 is 0 Å². The second-order valence-electron chi connectivity index (χ2n) is 4.04. The lowest BCUT2D eigenvalue weighted by Crippen LogP contribution is -2.43. The van der Waals surface area contributed by atoms with E-state index in [0.29, 0.717) is 0 Å². The molecular weight excluding hydrogens is 169 g/mol. The number of hydrogen-bond donors (Lipinski definition) is 0. The van der Waals surface area contributed by atoms with Gasteiger partial charge in [0.25, 0.3) is 5.91 Å². The molecule has 2 aliphatic heterocycles. The number of fused-ring (bicyclic) bond motifs is 2. The van der Waals surface area contributed by atoms with Gasteiger partial charge in [0.1, 0.15) is 0 Å². The maximum atomic E-state index is 12.7. The first-order valence-corrected chi connectivity index (χ1v) is 4.58. The Morgan fingerprint density at radius 2 is 2.00 bits per heavy atom. The standard InChI is InChI=1S/C10H13FNO/c1-7(11)9(13)12-8-3-5-10(12,2)6-4-8/h8H,1-6H2. The van der Waals surface area contributed by atoms with Crippen molar-refractivity contribution in [1.29, 1.82) is 0 Å². The molecule has 3 heteroatoms. The van der Waals surface area contributed by atoms with Crippen molar-refractivity contribution in [2.75, 3.05) is 0 Å². The van der Waals surface area contributed by atoms with E-state index in [9.17, 15) is 9.18 Å². The zero-order valence-corrected chi connectivity index (χ0v) is 7.55. The fourth-order valence-corrected chi connectivity index (χ4v) is 2.54. The summed E-state index contributed by atoms with van der Waals surface area (Å²) in [6, 6.07) is 0.206. The molecule has 0 N–H and O–H groups in total. The van der Waals surface area contributed by atoms with Crippen LogP contribution in [0.5, 0.6) is 0 Å². The number of carbonyl (C=O) groups excluding carboxylic acids is 1. The van der Waals surface area contributed by atoms with Gasteiger partial charge in [-0.05, 0) is 32.6 Å². The summed E-state index contributed by atoms with van der Waals surface area (Å²) in [5, 5.41) is 0. The van der Waals surface area contributed by atoms with Gasteiger partial charge in [0.2, 0.25) is 0 Å². The molecule has 1 amide bonds. The van der Waals surface area contributed by atoms with E-state index in [0.717, 1.165) is 25.7 Å². The van der Waals surface area contributed by atoms with Crippen molar-refractivity contribution in [3.63, 3.8) is 0 Å². The molecule has 2 saturated heterocycles. The first-order chi connectivity index (χ1) is 6.04. The van der Waals surface area contributed by atoms with Gasteiger partial charge in [-0.1, -0.05) is 6.58 Å². The molecule has 2 bridgehead atoms. The number of carbonyl (C=O) groups is 1. The first kappa shape index (κ1) is 8.73. The van der Waals surface area contributed by atoms with Crippen LogP contribution in [0.4, 0.5) is 4.39 Å². The first-order valence-electron chi connectivity index (χ1n) is 4.58. The quantitative estimate of drug-likeness (QED) is 0.566. The fraction of sp³-hybridized carbons (Fsp3) is 0.600. The van der Waals surface area contributed by atoms with Crippen LogP contribution < -0.4 is 0 Å². The van der Waals surface area contributed by atoms with E-state index in [2.05, 4.69) is 13.5 Å². The van der Waals surface area contributed by atoms with E-state index < -0.39 is 11.7 Å². The maximum absolute atomic E-state index is 12.7. The van der Waals surface area contributed by atoms with Gasteiger partial charge in [0, 0.05) is 11.6 Å². The van der Waals surface area contributed by atoms with Crippen LogP contribution in [0.15, 0.2) is 12.4 Å². The number of rotatable bonds is 1. The van der Waals surface area contributed by atoms with Crippen molar-refractivity contribution in [1.82, 2.24) is 4.90 Å². The van der Waals surface area contributed by atoms with E-state index in [-0.39, 0.29) is 11.6 Å². The van der Waals surface area contributed by atoms with Crippen LogP contribution in [0.3, 0.4) is 0 Å². The van der Waals surface area contributed by atoms with Crippen LogP contribution in [0.1, 0.15) is 25.7 Å². The highest BCUT2D eigenvalue weighted by atomic mass is 19.1. The Labute approximate surface area is 77.4 Å². The maximum Gasteiger partial charge on any atom is 0.282 e. The highest BCUT2D eigenvalue weighted by molar-refractivity contribution is 5.92. The lowest BCUT2D eigenvalue weighted by Gasteiger charge is -2.30. The summed E-state index contributed by atoms with van der Waals surface area (Å²) in [5.74, 6) is -1.42. The molecule has 0 spiro atoms. The van der Waals surface area contributed by atoms with E-state index in [4.69, 9.17) is 0 Å². The summed E-state index contributed by atoms with van der Waals surface area (Å²) in [6.07, 6.45) is 3.72. The third kappa shape index (κ3) is 1.10. The minimum absolute atomic E-state index is 0.206. The highest BCUT2D eigenvalue weighted by Gasteiger charge is 2.51. The minimum Gasteiger partial charge on any atom is -0.328 e. The molecule has 2 nitrogen and oxygen atoms in total. The molecule has 0 saturated carbocycles. The van der Waals surface area contributed by atoms with Crippen LogP contribution in [0.2, 0.25) is 0 Å². The average molecular weight is 182 g/mol. The Kier molecular flexibility index (Phi) is 1.72. The summed E-state index contributed by atoms with van der Waals surface area (Å²) < 4.78 is 12.7. The summed E-state index contributed by atoms with van der Waals surface area (Å²) >= 11 is 0.